The molecule has 0 radical (unpaired) electrons. The number of halogens is 1. The Morgan fingerprint density at radius 3 is 2.11 bits per heavy atom. The first-order valence-corrected chi connectivity index (χ1v) is 16.1. The quantitative estimate of drug-likeness (QED) is 0.243. The van der Waals surface area contributed by atoms with Crippen LogP contribution in [-0.4, -0.2) is 37.3 Å². The number of hydrogen-bond acceptors (Lipinski definition) is 5. The van der Waals surface area contributed by atoms with Crippen molar-refractivity contribution in [1.29, 1.82) is 0 Å². The second kappa shape index (κ2) is 9.88. The highest BCUT2D eigenvalue weighted by molar-refractivity contribution is 7.90. The normalized spacial score (nSPS) is 12.5. The molecule has 2 heterocycles. The van der Waals surface area contributed by atoms with Crippen LogP contribution < -0.4 is 5.56 Å². The lowest BCUT2D eigenvalue weighted by Gasteiger charge is -2.38. The summed E-state index contributed by atoms with van der Waals surface area (Å²) in [6.45, 7) is 13.3. The van der Waals surface area contributed by atoms with Crippen LogP contribution in [0, 0.1) is 11.5 Å². The highest BCUT2D eigenvalue weighted by atomic mass is 35.5. The molecule has 2 aromatic heterocycles. The average molecular weight is 530 g/mol. The molecular weight excluding hydrogens is 498 g/mol. The number of rotatable bonds is 5. The predicted molar refractivity (Wildman–Crippen MR) is 146 cm³/mol. The largest absolute Gasteiger partial charge is 0.295 e. The third-order valence-corrected chi connectivity index (χ3v) is 14.3. The summed E-state index contributed by atoms with van der Waals surface area (Å²) in [5.41, 5.74) is 6.15. The zero-order chi connectivity index (χ0) is 26.3. The van der Waals surface area contributed by atoms with Gasteiger partial charge in [-0.15, -0.1) is 5.54 Å². The number of aryl methyl sites for hydroxylation is 1. The van der Waals surface area contributed by atoms with E-state index in [1.165, 1.54) is 10.8 Å². The van der Waals surface area contributed by atoms with E-state index in [9.17, 15) is 13.2 Å². The van der Waals surface area contributed by atoms with Crippen LogP contribution in [0.1, 0.15) is 47.1 Å². The molecule has 9 heteroatoms. The number of aromatic nitrogens is 3. The number of sulfone groups is 1. The first-order valence-electron chi connectivity index (χ1n) is 11.6. The van der Waals surface area contributed by atoms with Gasteiger partial charge in [0, 0.05) is 35.6 Å². The molecule has 3 aromatic rings. The molecule has 1 aromatic carbocycles. The maximum absolute atomic E-state index is 13.7. The molecule has 0 fully saturated rings. The van der Waals surface area contributed by atoms with Gasteiger partial charge in [-0.2, -0.15) is 4.98 Å². The maximum Gasteiger partial charge on any atom is 0.261 e. The maximum atomic E-state index is 13.7. The number of benzene rings is 1. The van der Waals surface area contributed by atoms with Crippen LogP contribution in [0.3, 0.4) is 0 Å². The summed E-state index contributed by atoms with van der Waals surface area (Å²) in [6.07, 6.45) is 2.49. The van der Waals surface area contributed by atoms with E-state index in [1.54, 1.807) is 25.2 Å². The molecule has 0 atom stereocenters. The summed E-state index contributed by atoms with van der Waals surface area (Å²) in [6, 6.07) is 7.15. The molecule has 0 unspecified atom stereocenters. The smallest absolute Gasteiger partial charge is 0.261 e. The summed E-state index contributed by atoms with van der Waals surface area (Å²) < 4.78 is 25.6. The van der Waals surface area contributed by atoms with Gasteiger partial charge in [0.05, 0.1) is 10.9 Å². The molecule has 186 valence electrons. The van der Waals surface area contributed by atoms with Crippen LogP contribution in [0.15, 0.2) is 40.4 Å². The van der Waals surface area contributed by atoms with Gasteiger partial charge in [0.1, 0.15) is 13.7 Å². The van der Waals surface area contributed by atoms with Crippen LogP contribution in [-0.2, 0) is 16.9 Å². The van der Waals surface area contributed by atoms with E-state index in [-0.39, 0.29) is 16.4 Å². The van der Waals surface area contributed by atoms with Crippen molar-refractivity contribution >= 4 is 40.5 Å². The summed E-state index contributed by atoms with van der Waals surface area (Å²) in [5, 5.41) is 0.613. The van der Waals surface area contributed by atoms with Crippen molar-refractivity contribution in [3.05, 3.63) is 51.4 Å². The molecule has 0 aliphatic rings. The molecule has 0 N–H and O–H groups in total. The van der Waals surface area contributed by atoms with E-state index in [0.29, 0.717) is 43.7 Å². The van der Waals surface area contributed by atoms with E-state index < -0.39 is 17.9 Å². The third kappa shape index (κ3) is 4.82. The van der Waals surface area contributed by atoms with Gasteiger partial charge in [-0.1, -0.05) is 77.3 Å². The molecule has 0 saturated carbocycles. The van der Waals surface area contributed by atoms with Crippen LogP contribution in [0.5, 0.6) is 0 Å². The van der Waals surface area contributed by atoms with E-state index in [2.05, 4.69) is 63.0 Å². The molecule has 0 saturated heterocycles. The SMILES string of the molecule is CC(C)[Si](C#Cc1c(-c2ccccc2Cl)c(=O)n(C)c2nc(S(C)(=O)=O)ncc12)(C(C)C)C(C)C. The topological polar surface area (TPSA) is 81.9 Å². The van der Waals surface area contributed by atoms with Crippen LogP contribution in [0.25, 0.3) is 22.2 Å². The monoisotopic (exact) mass is 529 g/mol. The lowest BCUT2D eigenvalue weighted by molar-refractivity contribution is 0.593. The molecule has 0 aliphatic heterocycles. The molecule has 0 amide bonds. The van der Waals surface area contributed by atoms with Crippen LogP contribution in [0.2, 0.25) is 21.6 Å². The standard InChI is InChI=1S/C26H32ClN3O3SSi/c1-16(2)35(17(3)4,18(5)6)14-13-19-21-15-28-26(34(8,32)33)29-24(21)30(7)25(31)23(19)20-11-9-10-12-22(20)27/h9-12,15-18H,1-8H3. The number of fused-ring (bicyclic) bond motifs is 1. The predicted octanol–water partition coefficient (Wildman–Crippen LogP) is 5.62. The fourth-order valence-electron chi connectivity index (χ4n) is 5.12. The van der Waals surface area contributed by atoms with Crippen molar-refractivity contribution in [2.24, 2.45) is 7.05 Å². The summed E-state index contributed by atoms with van der Waals surface area (Å²) >= 11 is 6.53. The van der Waals surface area contributed by atoms with Gasteiger partial charge in [0.15, 0.2) is 0 Å². The van der Waals surface area contributed by atoms with Crippen molar-refractivity contribution < 1.29 is 8.42 Å². The number of hydrogen-bond donors (Lipinski definition) is 0. The number of pyridine rings is 1. The fraction of sp³-hybridized carbons (Fsp3) is 0.423. The number of nitrogens with zero attached hydrogens (tertiary/aromatic N) is 3. The van der Waals surface area contributed by atoms with Crippen molar-refractivity contribution in [3.8, 4) is 22.6 Å². The molecule has 3 rings (SSSR count). The molecular formula is C26H32ClN3O3SSi. The molecule has 6 nitrogen and oxygen atoms in total. The van der Waals surface area contributed by atoms with Gasteiger partial charge < -0.3 is 0 Å². The first-order chi connectivity index (χ1) is 16.2. The van der Waals surface area contributed by atoms with Crippen molar-refractivity contribution in [1.82, 2.24) is 14.5 Å². The summed E-state index contributed by atoms with van der Waals surface area (Å²) in [7, 11) is -4.24. The lowest BCUT2D eigenvalue weighted by Crippen LogP contribution is -2.43. The lowest BCUT2D eigenvalue weighted by atomic mass is 9.99. The van der Waals surface area contributed by atoms with E-state index in [1.807, 2.05) is 6.07 Å². The zero-order valence-corrected chi connectivity index (χ0v) is 24.0. The summed E-state index contributed by atoms with van der Waals surface area (Å²) in [4.78, 5) is 22.0. The fourth-order valence-corrected chi connectivity index (χ4v) is 11.1. The van der Waals surface area contributed by atoms with E-state index in [4.69, 9.17) is 11.6 Å². The van der Waals surface area contributed by atoms with E-state index in [0.717, 1.165) is 6.26 Å². The first kappa shape index (κ1) is 27.1. The Kier molecular flexibility index (Phi) is 7.66. The highest BCUT2D eigenvalue weighted by Crippen LogP contribution is 2.41. The van der Waals surface area contributed by atoms with Gasteiger partial charge in [0.25, 0.3) is 5.56 Å². The second-order valence-electron chi connectivity index (χ2n) is 9.90. The Balaban J connectivity index is 2.55. The third-order valence-electron chi connectivity index (χ3n) is 6.85. The Morgan fingerprint density at radius 2 is 1.60 bits per heavy atom. The highest BCUT2D eigenvalue weighted by Gasteiger charge is 2.41. The average Bonchev–Trinajstić information content (AvgIpc) is 2.76. The minimum absolute atomic E-state index is 0.219. The van der Waals surface area contributed by atoms with Gasteiger partial charge in [-0.3, -0.25) is 9.36 Å². The molecule has 0 spiro atoms. The molecule has 0 bridgehead atoms. The van der Waals surface area contributed by atoms with Crippen molar-refractivity contribution in [2.45, 2.75) is 63.3 Å². The van der Waals surface area contributed by atoms with Crippen LogP contribution >= 0.6 is 11.6 Å². The van der Waals surface area contributed by atoms with Crippen molar-refractivity contribution in [2.75, 3.05) is 6.26 Å². The Morgan fingerprint density at radius 1 is 1.03 bits per heavy atom. The Hall–Kier alpha value is -2.47. The minimum Gasteiger partial charge on any atom is -0.295 e. The molecule has 35 heavy (non-hydrogen) atoms. The second-order valence-corrected chi connectivity index (χ2v) is 17.8. The summed E-state index contributed by atoms with van der Waals surface area (Å²) in [5.74, 6) is 3.40. The van der Waals surface area contributed by atoms with E-state index >= 15 is 0 Å². The molecule has 0 aliphatic carbocycles. The Bertz CT molecular complexity index is 1490. The van der Waals surface area contributed by atoms with Gasteiger partial charge in [-0.25, -0.2) is 13.4 Å². The van der Waals surface area contributed by atoms with Gasteiger partial charge in [0.2, 0.25) is 15.0 Å². The zero-order valence-electron chi connectivity index (χ0n) is 21.5. The van der Waals surface area contributed by atoms with Gasteiger partial charge >= 0.3 is 0 Å². The van der Waals surface area contributed by atoms with Crippen LogP contribution in [0.4, 0.5) is 0 Å². The van der Waals surface area contributed by atoms with Crippen molar-refractivity contribution in [3.63, 3.8) is 0 Å². The Labute approximate surface area is 213 Å². The van der Waals surface area contributed by atoms with Gasteiger partial charge in [-0.05, 0) is 22.7 Å². The minimum atomic E-state index is -3.66.